The minimum absolute atomic E-state index is 0.177. The van der Waals surface area contributed by atoms with E-state index in [1.54, 1.807) is 12.1 Å². The molecule has 0 spiro atoms. The highest BCUT2D eigenvalue weighted by Crippen LogP contribution is 2.23. The summed E-state index contributed by atoms with van der Waals surface area (Å²) in [5.74, 6) is 0.317. The molecule has 0 amide bonds. The summed E-state index contributed by atoms with van der Waals surface area (Å²) < 4.78 is 6.30. The van der Waals surface area contributed by atoms with Crippen LogP contribution < -0.4 is 11.2 Å². The highest BCUT2D eigenvalue weighted by molar-refractivity contribution is 5.54. The number of nitrogens with zero attached hydrogens (tertiary/aromatic N) is 1. The van der Waals surface area contributed by atoms with Gasteiger partial charge in [-0.2, -0.15) is 0 Å². The van der Waals surface area contributed by atoms with Crippen LogP contribution in [0.5, 0.6) is 0 Å². The maximum atomic E-state index is 11.9. The van der Waals surface area contributed by atoms with Gasteiger partial charge in [0.2, 0.25) is 0 Å². The van der Waals surface area contributed by atoms with E-state index < -0.39 is 29.5 Å². The Bertz CT molecular complexity index is 756. The van der Waals surface area contributed by atoms with Gasteiger partial charge in [0.1, 0.15) is 18.0 Å². The van der Waals surface area contributed by atoms with Crippen LogP contribution >= 0.6 is 0 Å². The molecule has 7 nitrogen and oxygen atoms in total. The van der Waals surface area contributed by atoms with Crippen molar-refractivity contribution in [2.75, 3.05) is 0 Å². The Kier molecular flexibility index (Phi) is 2.92. The number of rotatable bonds is 2. The van der Waals surface area contributed by atoms with Gasteiger partial charge in [0, 0.05) is 6.20 Å². The summed E-state index contributed by atoms with van der Waals surface area (Å²) in [6.45, 7) is 0. The summed E-state index contributed by atoms with van der Waals surface area (Å²) in [6, 6.07) is 2.48. The number of aromatic nitrogens is 2. The Morgan fingerprint density at radius 1 is 1.25 bits per heavy atom. The normalized spacial score (nSPS) is 25.2. The lowest BCUT2D eigenvalue weighted by atomic mass is 10.1. The van der Waals surface area contributed by atoms with E-state index in [0.717, 1.165) is 4.57 Å². The molecule has 0 bridgehead atoms. The fourth-order valence-corrected chi connectivity index (χ4v) is 2.23. The molecule has 0 saturated heterocycles. The molecule has 3 N–H and O–H groups in total. The maximum absolute atomic E-state index is 11.9. The SMILES string of the molecule is O=c1[nH]c(=O)n([C@@H]2C=C[C@@H](O)[C@H]2O)cc1-c1ccco1. The summed E-state index contributed by atoms with van der Waals surface area (Å²) >= 11 is 0. The Balaban J connectivity index is 2.13. The molecule has 0 aliphatic heterocycles. The van der Waals surface area contributed by atoms with Crippen LogP contribution in [0.25, 0.3) is 11.3 Å². The quantitative estimate of drug-likeness (QED) is 0.648. The number of aromatic amines is 1. The summed E-state index contributed by atoms with van der Waals surface area (Å²) in [5, 5.41) is 19.3. The van der Waals surface area contributed by atoms with Crippen LogP contribution in [0.4, 0.5) is 0 Å². The summed E-state index contributed by atoms with van der Waals surface area (Å²) in [4.78, 5) is 25.8. The lowest BCUT2D eigenvalue weighted by molar-refractivity contribution is 0.0357. The number of hydrogen-bond acceptors (Lipinski definition) is 5. The molecule has 0 radical (unpaired) electrons. The van der Waals surface area contributed by atoms with Crippen LogP contribution in [0.2, 0.25) is 0 Å². The molecular formula is C13H12N2O5. The van der Waals surface area contributed by atoms with Gasteiger partial charge in [0.15, 0.2) is 0 Å². The van der Waals surface area contributed by atoms with Crippen molar-refractivity contribution in [3.63, 3.8) is 0 Å². The molecule has 7 heteroatoms. The lowest BCUT2D eigenvalue weighted by Gasteiger charge is -2.19. The monoisotopic (exact) mass is 276 g/mol. The number of aliphatic hydroxyl groups excluding tert-OH is 2. The molecule has 20 heavy (non-hydrogen) atoms. The molecule has 0 fully saturated rings. The molecule has 1 aliphatic carbocycles. The van der Waals surface area contributed by atoms with Gasteiger partial charge in [-0.15, -0.1) is 0 Å². The lowest BCUT2D eigenvalue weighted by Crippen LogP contribution is -2.37. The number of nitrogens with one attached hydrogen (secondary N) is 1. The standard InChI is InChI=1S/C13H12N2O5/c16-9-4-3-8(11(9)17)15-6-7(10-2-1-5-20-10)12(18)14-13(15)19/h1-6,8-9,11,16-17H,(H,14,18,19)/t8-,9-,11+/m1/s1. The van der Waals surface area contributed by atoms with Crippen molar-refractivity contribution in [1.29, 1.82) is 0 Å². The zero-order valence-corrected chi connectivity index (χ0v) is 10.3. The molecule has 1 aliphatic rings. The van der Waals surface area contributed by atoms with Crippen molar-refractivity contribution in [2.24, 2.45) is 0 Å². The average molecular weight is 276 g/mol. The van der Waals surface area contributed by atoms with Gasteiger partial charge in [0.25, 0.3) is 5.56 Å². The first kappa shape index (κ1) is 12.6. The van der Waals surface area contributed by atoms with E-state index in [1.807, 2.05) is 0 Å². The molecule has 2 heterocycles. The van der Waals surface area contributed by atoms with Crippen molar-refractivity contribution in [3.05, 3.63) is 57.6 Å². The zero-order chi connectivity index (χ0) is 14.3. The second-order valence-electron chi connectivity index (χ2n) is 4.54. The van der Waals surface area contributed by atoms with Gasteiger partial charge in [-0.25, -0.2) is 4.79 Å². The van der Waals surface area contributed by atoms with Crippen LogP contribution in [-0.4, -0.2) is 32.0 Å². The van der Waals surface area contributed by atoms with Gasteiger partial charge in [-0.1, -0.05) is 12.2 Å². The zero-order valence-electron chi connectivity index (χ0n) is 10.3. The van der Waals surface area contributed by atoms with Gasteiger partial charge in [-0.3, -0.25) is 14.3 Å². The van der Waals surface area contributed by atoms with E-state index in [-0.39, 0.29) is 5.56 Å². The summed E-state index contributed by atoms with van der Waals surface area (Å²) in [5.41, 5.74) is -1.05. The molecule has 104 valence electrons. The Morgan fingerprint density at radius 2 is 2.05 bits per heavy atom. The van der Waals surface area contributed by atoms with Crippen molar-refractivity contribution >= 4 is 0 Å². The van der Waals surface area contributed by atoms with Crippen LogP contribution in [-0.2, 0) is 0 Å². The van der Waals surface area contributed by atoms with Gasteiger partial charge in [-0.05, 0) is 12.1 Å². The van der Waals surface area contributed by atoms with Gasteiger partial charge >= 0.3 is 5.69 Å². The highest BCUT2D eigenvalue weighted by Gasteiger charge is 2.30. The first-order valence-electron chi connectivity index (χ1n) is 6.02. The van der Waals surface area contributed by atoms with Crippen molar-refractivity contribution in [2.45, 2.75) is 18.2 Å². The van der Waals surface area contributed by atoms with Crippen LogP contribution in [0, 0.1) is 0 Å². The largest absolute Gasteiger partial charge is 0.464 e. The molecule has 0 unspecified atom stereocenters. The second-order valence-corrected chi connectivity index (χ2v) is 4.54. The van der Waals surface area contributed by atoms with Crippen molar-refractivity contribution in [3.8, 4) is 11.3 Å². The Labute approximate surface area is 112 Å². The first-order valence-corrected chi connectivity index (χ1v) is 6.02. The van der Waals surface area contributed by atoms with Gasteiger partial charge in [0.05, 0.1) is 17.9 Å². The third-order valence-corrected chi connectivity index (χ3v) is 3.28. The van der Waals surface area contributed by atoms with E-state index in [0.29, 0.717) is 5.76 Å². The van der Waals surface area contributed by atoms with E-state index in [9.17, 15) is 19.8 Å². The molecule has 0 aromatic carbocycles. The number of H-pyrrole nitrogens is 1. The van der Waals surface area contributed by atoms with Crippen LogP contribution in [0.1, 0.15) is 6.04 Å². The topological polar surface area (TPSA) is 108 Å². The predicted molar refractivity (Wildman–Crippen MR) is 69.2 cm³/mol. The number of aliphatic hydroxyl groups is 2. The highest BCUT2D eigenvalue weighted by atomic mass is 16.3. The average Bonchev–Trinajstić information content (AvgIpc) is 3.03. The smallest absolute Gasteiger partial charge is 0.329 e. The van der Waals surface area contributed by atoms with E-state index >= 15 is 0 Å². The molecule has 3 rings (SSSR count). The fourth-order valence-electron chi connectivity index (χ4n) is 2.23. The van der Waals surface area contributed by atoms with Crippen molar-refractivity contribution < 1.29 is 14.6 Å². The number of hydrogen-bond donors (Lipinski definition) is 3. The minimum atomic E-state index is -1.14. The molecular weight excluding hydrogens is 264 g/mol. The fraction of sp³-hybridized carbons (Fsp3) is 0.231. The van der Waals surface area contributed by atoms with Crippen molar-refractivity contribution in [1.82, 2.24) is 9.55 Å². The van der Waals surface area contributed by atoms with Crippen LogP contribution in [0.3, 0.4) is 0 Å². The first-order chi connectivity index (χ1) is 9.58. The van der Waals surface area contributed by atoms with E-state index in [2.05, 4.69) is 4.98 Å². The third kappa shape index (κ3) is 1.93. The third-order valence-electron chi connectivity index (χ3n) is 3.28. The Hall–Kier alpha value is -2.38. The van der Waals surface area contributed by atoms with Gasteiger partial charge < -0.3 is 14.6 Å². The molecule has 3 atom stereocenters. The molecule has 2 aromatic rings. The van der Waals surface area contributed by atoms with E-state index in [1.165, 1.54) is 24.6 Å². The predicted octanol–water partition coefficient (Wildman–Crippen LogP) is -0.371. The molecule has 2 aromatic heterocycles. The number of furan rings is 1. The second kappa shape index (κ2) is 4.62. The Morgan fingerprint density at radius 3 is 2.65 bits per heavy atom. The maximum Gasteiger partial charge on any atom is 0.329 e. The minimum Gasteiger partial charge on any atom is -0.464 e. The summed E-state index contributed by atoms with van der Waals surface area (Å²) in [7, 11) is 0. The van der Waals surface area contributed by atoms with Crippen LogP contribution in [0.15, 0.2) is 50.8 Å². The van der Waals surface area contributed by atoms with E-state index in [4.69, 9.17) is 4.42 Å². The summed E-state index contributed by atoms with van der Waals surface area (Å²) in [6.07, 6.45) is 3.48. The molecule has 0 saturated carbocycles.